The average Bonchev–Trinajstić information content (AvgIpc) is 3.01. The highest BCUT2D eigenvalue weighted by Crippen LogP contribution is 2.19. The third kappa shape index (κ3) is 2.13. The molecule has 1 aliphatic rings. The Hall–Kier alpha value is -2.74. The molecule has 3 aromatic heterocycles. The molecule has 0 amide bonds. The first-order valence-electron chi connectivity index (χ1n) is 7.03. The maximum absolute atomic E-state index is 11.8. The number of aromatic amines is 1. The molecule has 8 heteroatoms. The lowest BCUT2D eigenvalue weighted by atomic mass is 10.4. The molecule has 0 spiro atoms. The molecule has 1 fully saturated rings. The van der Waals surface area contributed by atoms with Crippen molar-refractivity contribution in [2.24, 2.45) is 0 Å². The van der Waals surface area contributed by atoms with Gasteiger partial charge in [-0.05, 0) is 0 Å². The van der Waals surface area contributed by atoms with Gasteiger partial charge in [0.25, 0.3) is 5.56 Å². The van der Waals surface area contributed by atoms with Crippen molar-refractivity contribution in [1.29, 1.82) is 0 Å². The molecular weight excluding hydrogens is 284 g/mol. The molecule has 0 bridgehead atoms. The van der Waals surface area contributed by atoms with E-state index in [9.17, 15) is 4.79 Å². The number of anilines is 1. The van der Waals surface area contributed by atoms with Crippen molar-refractivity contribution in [3.63, 3.8) is 0 Å². The average molecular weight is 298 g/mol. The summed E-state index contributed by atoms with van der Waals surface area (Å²) in [5.41, 5.74) is 0.934. The van der Waals surface area contributed by atoms with E-state index in [2.05, 4.69) is 24.8 Å². The first-order chi connectivity index (χ1) is 10.8. The van der Waals surface area contributed by atoms with Gasteiger partial charge in [0.15, 0.2) is 5.82 Å². The fraction of sp³-hybridized carbons (Fsp3) is 0.286. The van der Waals surface area contributed by atoms with Gasteiger partial charge in [-0.25, -0.2) is 9.97 Å². The molecular formula is C14H14N6O2. The predicted octanol–water partition coefficient (Wildman–Crippen LogP) is 0.316. The molecule has 1 N–H and O–H groups in total. The summed E-state index contributed by atoms with van der Waals surface area (Å²) in [6, 6.07) is 0. The van der Waals surface area contributed by atoms with Gasteiger partial charge in [-0.15, -0.1) is 0 Å². The summed E-state index contributed by atoms with van der Waals surface area (Å²) in [5, 5.41) is 0. The molecule has 0 radical (unpaired) electrons. The zero-order valence-electron chi connectivity index (χ0n) is 11.8. The Balaban J connectivity index is 1.78. The number of hydrogen-bond donors (Lipinski definition) is 1. The molecule has 4 heterocycles. The van der Waals surface area contributed by atoms with E-state index in [0.717, 1.165) is 18.9 Å². The number of hydrogen-bond acceptors (Lipinski definition) is 6. The van der Waals surface area contributed by atoms with Crippen molar-refractivity contribution >= 4 is 11.3 Å². The van der Waals surface area contributed by atoms with Gasteiger partial charge >= 0.3 is 0 Å². The van der Waals surface area contributed by atoms with Crippen LogP contribution in [0.25, 0.3) is 17.0 Å². The number of ether oxygens (including phenoxy) is 1. The van der Waals surface area contributed by atoms with Gasteiger partial charge < -0.3 is 14.6 Å². The van der Waals surface area contributed by atoms with Crippen LogP contribution >= 0.6 is 0 Å². The Kier molecular flexibility index (Phi) is 3.08. The van der Waals surface area contributed by atoms with Crippen molar-refractivity contribution in [2.75, 3.05) is 31.2 Å². The van der Waals surface area contributed by atoms with E-state index in [0.29, 0.717) is 30.2 Å². The monoisotopic (exact) mass is 298 g/mol. The van der Waals surface area contributed by atoms with E-state index < -0.39 is 0 Å². The topological polar surface area (TPSA) is 88.4 Å². The second-order valence-corrected chi connectivity index (χ2v) is 4.99. The van der Waals surface area contributed by atoms with Gasteiger partial charge in [-0.3, -0.25) is 14.2 Å². The van der Waals surface area contributed by atoms with E-state index >= 15 is 0 Å². The fourth-order valence-electron chi connectivity index (χ4n) is 2.54. The minimum absolute atomic E-state index is 0.182. The molecule has 0 aliphatic carbocycles. The van der Waals surface area contributed by atoms with Gasteiger partial charge in [-0.2, -0.15) is 0 Å². The van der Waals surface area contributed by atoms with Crippen LogP contribution in [0.3, 0.4) is 0 Å². The SMILES string of the molecule is O=c1[nH]ccn2c(-c3cncc(N4CCOCC4)n3)ncc12. The number of nitrogens with one attached hydrogen (secondary N) is 1. The van der Waals surface area contributed by atoms with Crippen molar-refractivity contribution in [3.8, 4) is 11.5 Å². The molecule has 0 atom stereocenters. The first kappa shape index (κ1) is 13.0. The summed E-state index contributed by atoms with van der Waals surface area (Å²) in [6.45, 7) is 2.96. The highest BCUT2D eigenvalue weighted by atomic mass is 16.5. The number of imidazole rings is 1. The molecule has 0 unspecified atom stereocenters. The third-order valence-electron chi connectivity index (χ3n) is 3.65. The lowest BCUT2D eigenvalue weighted by Gasteiger charge is -2.27. The molecule has 8 nitrogen and oxygen atoms in total. The molecule has 22 heavy (non-hydrogen) atoms. The largest absolute Gasteiger partial charge is 0.378 e. The Morgan fingerprint density at radius 3 is 2.91 bits per heavy atom. The number of fused-ring (bicyclic) bond motifs is 1. The fourth-order valence-corrected chi connectivity index (χ4v) is 2.54. The zero-order valence-corrected chi connectivity index (χ0v) is 11.8. The Morgan fingerprint density at radius 1 is 1.18 bits per heavy atom. The van der Waals surface area contributed by atoms with Gasteiger partial charge in [-0.1, -0.05) is 0 Å². The highest BCUT2D eigenvalue weighted by molar-refractivity contribution is 5.59. The molecule has 112 valence electrons. The maximum atomic E-state index is 11.8. The molecule has 1 aliphatic heterocycles. The lowest BCUT2D eigenvalue weighted by Crippen LogP contribution is -2.36. The first-order valence-corrected chi connectivity index (χ1v) is 7.03. The lowest BCUT2D eigenvalue weighted by molar-refractivity contribution is 0.122. The predicted molar refractivity (Wildman–Crippen MR) is 79.9 cm³/mol. The van der Waals surface area contributed by atoms with Crippen LogP contribution < -0.4 is 10.5 Å². The van der Waals surface area contributed by atoms with Crippen LogP contribution in [0.4, 0.5) is 5.82 Å². The van der Waals surface area contributed by atoms with Gasteiger partial charge in [0, 0.05) is 25.5 Å². The minimum atomic E-state index is -0.182. The number of H-pyrrole nitrogens is 1. The molecule has 0 saturated carbocycles. The maximum Gasteiger partial charge on any atom is 0.273 e. The Morgan fingerprint density at radius 2 is 2.05 bits per heavy atom. The zero-order chi connectivity index (χ0) is 14.9. The Bertz CT molecular complexity index is 865. The number of aromatic nitrogens is 5. The standard InChI is InChI=1S/C14H14N6O2/c21-14-11-8-17-13(20(11)2-1-16-14)10-7-15-9-12(18-10)19-3-5-22-6-4-19/h1-2,7-9H,3-6H2,(H,16,21). The van der Waals surface area contributed by atoms with Crippen LogP contribution in [-0.4, -0.2) is 50.6 Å². The van der Waals surface area contributed by atoms with Crippen molar-refractivity contribution in [3.05, 3.63) is 41.3 Å². The van der Waals surface area contributed by atoms with Crippen LogP contribution in [0.1, 0.15) is 0 Å². The van der Waals surface area contributed by atoms with E-state index in [1.54, 1.807) is 29.2 Å². The number of rotatable bonds is 2. The van der Waals surface area contributed by atoms with E-state index in [1.165, 1.54) is 6.20 Å². The summed E-state index contributed by atoms with van der Waals surface area (Å²) in [6.07, 6.45) is 8.26. The molecule has 1 saturated heterocycles. The van der Waals surface area contributed by atoms with Gasteiger partial charge in [0.1, 0.15) is 17.0 Å². The van der Waals surface area contributed by atoms with Crippen LogP contribution in [0.5, 0.6) is 0 Å². The van der Waals surface area contributed by atoms with E-state index in [1.807, 2.05) is 0 Å². The van der Waals surface area contributed by atoms with Gasteiger partial charge in [0.2, 0.25) is 0 Å². The van der Waals surface area contributed by atoms with E-state index in [-0.39, 0.29) is 5.56 Å². The second-order valence-electron chi connectivity index (χ2n) is 4.99. The third-order valence-corrected chi connectivity index (χ3v) is 3.65. The normalized spacial score (nSPS) is 15.4. The Labute approximate surface area is 125 Å². The van der Waals surface area contributed by atoms with Crippen molar-refractivity contribution < 1.29 is 4.74 Å². The second kappa shape index (κ2) is 5.23. The summed E-state index contributed by atoms with van der Waals surface area (Å²) >= 11 is 0. The quantitative estimate of drug-likeness (QED) is 0.733. The highest BCUT2D eigenvalue weighted by Gasteiger charge is 2.15. The minimum Gasteiger partial charge on any atom is -0.378 e. The van der Waals surface area contributed by atoms with Crippen LogP contribution in [0, 0.1) is 0 Å². The summed E-state index contributed by atoms with van der Waals surface area (Å²) in [7, 11) is 0. The van der Waals surface area contributed by atoms with Crippen LogP contribution in [-0.2, 0) is 4.74 Å². The molecule has 4 rings (SSSR count). The molecule has 0 aromatic carbocycles. The smallest absolute Gasteiger partial charge is 0.273 e. The van der Waals surface area contributed by atoms with E-state index in [4.69, 9.17) is 4.74 Å². The van der Waals surface area contributed by atoms with Crippen molar-refractivity contribution in [2.45, 2.75) is 0 Å². The molecule has 3 aromatic rings. The summed E-state index contributed by atoms with van der Waals surface area (Å²) < 4.78 is 7.06. The van der Waals surface area contributed by atoms with Crippen molar-refractivity contribution in [1.82, 2.24) is 24.3 Å². The van der Waals surface area contributed by atoms with Crippen LogP contribution in [0.2, 0.25) is 0 Å². The van der Waals surface area contributed by atoms with Gasteiger partial charge in [0.05, 0.1) is 31.8 Å². The van der Waals surface area contributed by atoms with Crippen LogP contribution in [0.15, 0.2) is 35.8 Å². The number of morpholine rings is 1. The summed E-state index contributed by atoms with van der Waals surface area (Å²) in [5.74, 6) is 1.39. The number of nitrogens with zero attached hydrogens (tertiary/aromatic N) is 5. The summed E-state index contributed by atoms with van der Waals surface area (Å²) in [4.78, 5) is 29.7.